The molecule has 0 aromatic carbocycles. The van der Waals surface area contributed by atoms with Crippen LogP contribution in [-0.4, -0.2) is 34.5 Å². The molecule has 0 bridgehead atoms. The number of hydrogen-bond donors (Lipinski definition) is 3. The molecule has 2 saturated carbocycles. The molecular formula is C18H23N5OS. The van der Waals surface area contributed by atoms with E-state index < -0.39 is 0 Å². The molecule has 0 spiro atoms. The van der Waals surface area contributed by atoms with E-state index in [1.807, 2.05) is 13.1 Å². The average molecular weight is 357 g/mol. The summed E-state index contributed by atoms with van der Waals surface area (Å²) in [5.74, 6) is 1.16. The summed E-state index contributed by atoms with van der Waals surface area (Å²) in [6.45, 7) is 1.11. The van der Waals surface area contributed by atoms with Crippen molar-refractivity contribution < 1.29 is 4.79 Å². The molecule has 0 unspecified atom stereocenters. The molecule has 2 atom stereocenters. The van der Waals surface area contributed by atoms with Crippen LogP contribution < -0.4 is 10.6 Å². The summed E-state index contributed by atoms with van der Waals surface area (Å²) in [7, 11) is 1.82. The largest absolute Gasteiger partial charge is 0.319 e. The molecular weight excluding hydrogens is 334 g/mol. The van der Waals surface area contributed by atoms with Gasteiger partial charge in [0, 0.05) is 36.3 Å². The van der Waals surface area contributed by atoms with Gasteiger partial charge in [-0.25, -0.2) is 0 Å². The lowest BCUT2D eigenvalue weighted by molar-refractivity contribution is 0.103. The maximum Gasteiger partial charge on any atom is 0.265 e. The van der Waals surface area contributed by atoms with Crippen molar-refractivity contribution in [3.8, 4) is 0 Å². The Morgan fingerprint density at radius 1 is 1.52 bits per heavy atom. The SMILES string of the molecule is Cn1cc(NC(=O)c2cc([C@@H]3C[C@H]3NCC3CCC3)c(C=N)s2)cn1. The van der Waals surface area contributed by atoms with Crippen LogP contribution in [0.5, 0.6) is 0 Å². The Kier molecular flexibility index (Phi) is 4.43. The second-order valence-electron chi connectivity index (χ2n) is 7.09. The topological polar surface area (TPSA) is 82.8 Å². The molecule has 2 aliphatic carbocycles. The molecule has 1 amide bonds. The van der Waals surface area contributed by atoms with E-state index in [1.165, 1.54) is 36.8 Å². The summed E-state index contributed by atoms with van der Waals surface area (Å²) in [4.78, 5) is 14.0. The van der Waals surface area contributed by atoms with Crippen molar-refractivity contribution in [3.05, 3.63) is 33.8 Å². The Morgan fingerprint density at radius 2 is 2.36 bits per heavy atom. The van der Waals surface area contributed by atoms with E-state index in [0.717, 1.165) is 29.3 Å². The minimum atomic E-state index is -0.132. The molecule has 2 fully saturated rings. The van der Waals surface area contributed by atoms with E-state index in [4.69, 9.17) is 5.41 Å². The van der Waals surface area contributed by atoms with Crippen LogP contribution in [0.3, 0.4) is 0 Å². The molecule has 2 aromatic heterocycles. The van der Waals surface area contributed by atoms with Gasteiger partial charge in [0.15, 0.2) is 0 Å². The van der Waals surface area contributed by atoms with Gasteiger partial charge in [0.1, 0.15) is 0 Å². The lowest BCUT2D eigenvalue weighted by atomic mass is 9.85. The maximum absolute atomic E-state index is 12.5. The second kappa shape index (κ2) is 6.72. The van der Waals surface area contributed by atoms with E-state index in [1.54, 1.807) is 17.1 Å². The summed E-state index contributed by atoms with van der Waals surface area (Å²) in [5, 5.41) is 18.3. The van der Waals surface area contributed by atoms with Crippen LogP contribution in [0.4, 0.5) is 5.69 Å². The van der Waals surface area contributed by atoms with Gasteiger partial charge >= 0.3 is 0 Å². The van der Waals surface area contributed by atoms with Crippen molar-refractivity contribution in [2.24, 2.45) is 13.0 Å². The first-order valence-corrected chi connectivity index (χ1v) is 9.63. The number of amides is 1. The second-order valence-corrected chi connectivity index (χ2v) is 8.17. The fourth-order valence-corrected chi connectivity index (χ4v) is 4.35. The van der Waals surface area contributed by atoms with Gasteiger partial charge in [-0.15, -0.1) is 11.3 Å². The number of hydrogen-bond acceptors (Lipinski definition) is 5. The van der Waals surface area contributed by atoms with Gasteiger partial charge in [0.2, 0.25) is 0 Å². The molecule has 7 heteroatoms. The minimum Gasteiger partial charge on any atom is -0.319 e. The number of aromatic nitrogens is 2. The van der Waals surface area contributed by atoms with Crippen molar-refractivity contribution in [2.75, 3.05) is 11.9 Å². The molecule has 6 nitrogen and oxygen atoms in total. The van der Waals surface area contributed by atoms with E-state index in [-0.39, 0.29) is 5.91 Å². The van der Waals surface area contributed by atoms with Crippen LogP contribution in [0.1, 0.15) is 51.7 Å². The quantitative estimate of drug-likeness (QED) is 0.666. The fourth-order valence-electron chi connectivity index (χ4n) is 3.39. The zero-order valence-electron chi connectivity index (χ0n) is 14.3. The number of nitrogens with zero attached hydrogens (tertiary/aromatic N) is 2. The third kappa shape index (κ3) is 3.52. The van der Waals surface area contributed by atoms with Crippen molar-refractivity contribution in [1.82, 2.24) is 15.1 Å². The monoisotopic (exact) mass is 357 g/mol. The predicted molar refractivity (Wildman–Crippen MR) is 99.9 cm³/mol. The van der Waals surface area contributed by atoms with Crippen LogP contribution in [0.15, 0.2) is 18.5 Å². The molecule has 2 heterocycles. The third-order valence-corrected chi connectivity index (χ3v) is 6.29. The molecule has 25 heavy (non-hydrogen) atoms. The highest BCUT2D eigenvalue weighted by molar-refractivity contribution is 7.16. The fraction of sp³-hybridized carbons (Fsp3) is 0.500. The van der Waals surface area contributed by atoms with Gasteiger partial charge in [-0.1, -0.05) is 6.42 Å². The summed E-state index contributed by atoms with van der Waals surface area (Å²) in [5.41, 5.74) is 1.83. The zero-order chi connectivity index (χ0) is 17.4. The summed E-state index contributed by atoms with van der Waals surface area (Å²) in [6.07, 6.45) is 9.96. The number of rotatable bonds is 7. The smallest absolute Gasteiger partial charge is 0.265 e. The number of nitrogens with one attached hydrogen (secondary N) is 3. The highest BCUT2D eigenvalue weighted by atomic mass is 32.1. The number of carbonyl (C=O) groups is 1. The van der Waals surface area contributed by atoms with Gasteiger partial charge in [-0.3, -0.25) is 9.48 Å². The van der Waals surface area contributed by atoms with Gasteiger partial charge in [-0.05, 0) is 43.4 Å². The van der Waals surface area contributed by atoms with Crippen LogP contribution in [-0.2, 0) is 7.05 Å². The van der Waals surface area contributed by atoms with Crippen LogP contribution in [0.2, 0.25) is 0 Å². The molecule has 132 valence electrons. The zero-order valence-corrected chi connectivity index (χ0v) is 15.1. The number of thiophene rings is 1. The minimum absolute atomic E-state index is 0.132. The lowest BCUT2D eigenvalue weighted by Gasteiger charge is -2.25. The van der Waals surface area contributed by atoms with E-state index >= 15 is 0 Å². The molecule has 0 radical (unpaired) electrons. The Balaban J connectivity index is 1.41. The van der Waals surface area contributed by atoms with Crippen molar-refractivity contribution >= 4 is 29.1 Å². The molecule has 0 saturated heterocycles. The molecule has 3 N–H and O–H groups in total. The lowest BCUT2D eigenvalue weighted by Crippen LogP contribution is -2.29. The van der Waals surface area contributed by atoms with E-state index in [0.29, 0.717) is 22.5 Å². The first-order valence-electron chi connectivity index (χ1n) is 8.81. The highest BCUT2D eigenvalue weighted by Gasteiger charge is 2.40. The number of aryl methyl sites for hydroxylation is 1. The van der Waals surface area contributed by atoms with E-state index in [2.05, 4.69) is 15.7 Å². The Bertz CT molecular complexity index is 791. The number of carbonyl (C=O) groups excluding carboxylic acids is 1. The number of anilines is 1. The maximum atomic E-state index is 12.5. The Labute approximate surface area is 151 Å². The van der Waals surface area contributed by atoms with Crippen LogP contribution in [0.25, 0.3) is 0 Å². The van der Waals surface area contributed by atoms with Crippen LogP contribution >= 0.6 is 11.3 Å². The molecule has 4 rings (SSSR count). The third-order valence-electron chi connectivity index (χ3n) is 5.19. The van der Waals surface area contributed by atoms with Crippen molar-refractivity contribution in [3.63, 3.8) is 0 Å². The Hall–Kier alpha value is -1.99. The van der Waals surface area contributed by atoms with Gasteiger partial charge < -0.3 is 16.0 Å². The first-order chi connectivity index (χ1) is 12.1. The highest BCUT2D eigenvalue weighted by Crippen LogP contribution is 2.44. The average Bonchev–Trinajstić information content (AvgIpc) is 2.99. The molecule has 0 aliphatic heterocycles. The van der Waals surface area contributed by atoms with Gasteiger partial charge in [0.05, 0.1) is 16.8 Å². The van der Waals surface area contributed by atoms with Crippen molar-refractivity contribution in [1.29, 1.82) is 5.41 Å². The standard InChI is InChI=1S/C18H23N5OS/c1-23-10-12(9-21-23)22-18(24)16-6-14(17(7-19)25-16)13-5-15(13)20-8-11-3-2-4-11/h6-7,9-11,13,15,19-20H,2-5,8H2,1H3,(H,22,24)/t13-,15+/m0/s1. The van der Waals surface area contributed by atoms with Gasteiger partial charge in [0.25, 0.3) is 5.91 Å². The van der Waals surface area contributed by atoms with Gasteiger partial charge in [-0.2, -0.15) is 5.10 Å². The summed E-state index contributed by atoms with van der Waals surface area (Å²) >= 11 is 1.39. The summed E-state index contributed by atoms with van der Waals surface area (Å²) < 4.78 is 1.65. The normalized spacial score (nSPS) is 22.4. The Morgan fingerprint density at radius 3 is 3.00 bits per heavy atom. The predicted octanol–water partition coefficient (Wildman–Crippen LogP) is 2.98. The molecule has 2 aliphatic rings. The van der Waals surface area contributed by atoms with Crippen LogP contribution in [0, 0.1) is 11.3 Å². The molecule has 2 aromatic rings. The van der Waals surface area contributed by atoms with Crippen molar-refractivity contribution in [2.45, 2.75) is 37.6 Å². The van der Waals surface area contributed by atoms with E-state index in [9.17, 15) is 4.79 Å². The summed E-state index contributed by atoms with van der Waals surface area (Å²) in [6, 6.07) is 2.47. The first kappa shape index (κ1) is 16.5.